The lowest BCUT2D eigenvalue weighted by Crippen LogP contribution is -2.25. The second kappa shape index (κ2) is 8.31. The number of nitriles is 1. The topological polar surface area (TPSA) is 94.6 Å². The molecular formula is C22H20N2O4. The van der Waals surface area contributed by atoms with Gasteiger partial charge in [-0.2, -0.15) is 5.26 Å². The van der Waals surface area contributed by atoms with E-state index in [9.17, 15) is 10.1 Å². The van der Waals surface area contributed by atoms with E-state index in [1.165, 1.54) is 0 Å². The predicted octanol–water partition coefficient (Wildman–Crippen LogP) is 3.52. The molecule has 1 atom stereocenters. The maximum Gasteiger partial charge on any atom is 0.338 e. The molecule has 2 aromatic carbocycles. The highest BCUT2D eigenvalue weighted by Crippen LogP contribution is 2.40. The van der Waals surface area contributed by atoms with Crippen molar-refractivity contribution >= 4 is 5.97 Å². The number of rotatable bonds is 5. The number of nitrogens with zero attached hydrogens (tertiary/aromatic N) is 1. The van der Waals surface area contributed by atoms with Crippen LogP contribution in [0.2, 0.25) is 0 Å². The molecule has 0 radical (unpaired) electrons. The van der Waals surface area contributed by atoms with Crippen LogP contribution in [0.3, 0.4) is 0 Å². The summed E-state index contributed by atoms with van der Waals surface area (Å²) in [5.74, 6) is -0.258. The Kier molecular flexibility index (Phi) is 5.66. The van der Waals surface area contributed by atoms with Gasteiger partial charge in [-0.15, -0.1) is 0 Å². The van der Waals surface area contributed by atoms with E-state index in [4.69, 9.17) is 19.9 Å². The van der Waals surface area contributed by atoms with Gasteiger partial charge in [-0.3, -0.25) is 0 Å². The van der Waals surface area contributed by atoms with Crippen LogP contribution < -0.4 is 10.5 Å². The van der Waals surface area contributed by atoms with Crippen molar-refractivity contribution < 1.29 is 19.0 Å². The van der Waals surface area contributed by atoms with Crippen molar-refractivity contribution in [3.05, 3.63) is 88.5 Å². The summed E-state index contributed by atoms with van der Waals surface area (Å²) in [5.41, 5.74) is 7.92. The number of benzene rings is 2. The Balaban J connectivity index is 1.94. The number of carbonyl (C=O) groups excluding carboxylic acids is 1. The highest BCUT2D eigenvalue weighted by molar-refractivity contribution is 5.92. The lowest BCUT2D eigenvalue weighted by atomic mass is 9.83. The van der Waals surface area contributed by atoms with Crippen molar-refractivity contribution in [2.45, 2.75) is 19.4 Å². The fourth-order valence-corrected chi connectivity index (χ4v) is 3.08. The Bertz CT molecular complexity index is 970. The lowest BCUT2D eigenvalue weighted by Gasteiger charge is -2.27. The Hall–Kier alpha value is -3.72. The largest absolute Gasteiger partial charge is 0.497 e. The van der Waals surface area contributed by atoms with E-state index in [2.05, 4.69) is 6.07 Å². The summed E-state index contributed by atoms with van der Waals surface area (Å²) < 4.78 is 16.1. The molecule has 6 nitrogen and oxygen atoms in total. The zero-order valence-electron chi connectivity index (χ0n) is 15.6. The molecule has 6 heteroatoms. The number of esters is 1. The number of nitrogens with two attached hydrogens (primary N) is 1. The quantitative estimate of drug-likeness (QED) is 0.803. The van der Waals surface area contributed by atoms with Gasteiger partial charge in [0, 0.05) is 0 Å². The molecule has 0 aromatic heterocycles. The number of hydrogen-bond donors (Lipinski definition) is 1. The first-order chi connectivity index (χ1) is 13.5. The predicted molar refractivity (Wildman–Crippen MR) is 103 cm³/mol. The summed E-state index contributed by atoms with van der Waals surface area (Å²) >= 11 is 0. The molecule has 28 heavy (non-hydrogen) atoms. The van der Waals surface area contributed by atoms with Crippen molar-refractivity contribution in [3.63, 3.8) is 0 Å². The van der Waals surface area contributed by atoms with Crippen LogP contribution in [0.5, 0.6) is 5.75 Å². The normalized spacial score (nSPS) is 16.2. The molecule has 1 heterocycles. The third-order valence-corrected chi connectivity index (χ3v) is 4.49. The number of methoxy groups -OCH3 is 1. The van der Waals surface area contributed by atoms with Gasteiger partial charge in [-0.05, 0) is 30.2 Å². The second-order valence-electron chi connectivity index (χ2n) is 6.23. The molecule has 0 amide bonds. The Labute approximate surface area is 163 Å². The summed E-state index contributed by atoms with van der Waals surface area (Å²) in [6.45, 7) is 1.75. The third kappa shape index (κ3) is 3.84. The van der Waals surface area contributed by atoms with Gasteiger partial charge in [0.05, 0.1) is 18.6 Å². The van der Waals surface area contributed by atoms with Gasteiger partial charge in [0.25, 0.3) is 0 Å². The molecule has 2 aromatic rings. The van der Waals surface area contributed by atoms with Crippen LogP contribution >= 0.6 is 0 Å². The van der Waals surface area contributed by atoms with Gasteiger partial charge < -0.3 is 19.9 Å². The minimum absolute atomic E-state index is 0.0135. The molecule has 1 aliphatic heterocycles. The highest BCUT2D eigenvalue weighted by Gasteiger charge is 2.36. The zero-order chi connectivity index (χ0) is 20.1. The molecule has 1 aliphatic rings. The first kappa shape index (κ1) is 19.1. The van der Waals surface area contributed by atoms with Crippen LogP contribution in [0, 0.1) is 11.3 Å². The molecule has 0 unspecified atom stereocenters. The maximum atomic E-state index is 12.9. The van der Waals surface area contributed by atoms with Gasteiger partial charge in [0.1, 0.15) is 29.8 Å². The summed E-state index contributed by atoms with van der Waals surface area (Å²) in [5, 5.41) is 9.62. The van der Waals surface area contributed by atoms with E-state index in [0.717, 1.165) is 11.1 Å². The van der Waals surface area contributed by atoms with Crippen LogP contribution in [-0.4, -0.2) is 13.1 Å². The molecule has 0 spiro atoms. The number of carbonyl (C=O) groups is 1. The number of allylic oxidation sites excluding steroid dienone is 2. The first-order valence-corrected chi connectivity index (χ1v) is 8.68. The fourth-order valence-electron chi connectivity index (χ4n) is 3.08. The summed E-state index contributed by atoms with van der Waals surface area (Å²) in [6, 6.07) is 18.5. The van der Waals surface area contributed by atoms with Crippen molar-refractivity contribution in [1.82, 2.24) is 0 Å². The third-order valence-electron chi connectivity index (χ3n) is 4.49. The molecule has 0 saturated carbocycles. The molecular weight excluding hydrogens is 356 g/mol. The van der Waals surface area contributed by atoms with Crippen molar-refractivity contribution in [2.24, 2.45) is 5.73 Å². The lowest BCUT2D eigenvalue weighted by molar-refractivity contribution is -0.140. The van der Waals surface area contributed by atoms with E-state index in [-0.39, 0.29) is 23.6 Å². The smallest absolute Gasteiger partial charge is 0.338 e. The van der Waals surface area contributed by atoms with E-state index >= 15 is 0 Å². The summed E-state index contributed by atoms with van der Waals surface area (Å²) in [7, 11) is 1.57. The van der Waals surface area contributed by atoms with E-state index in [1.807, 2.05) is 30.3 Å². The average molecular weight is 376 g/mol. The Morgan fingerprint density at radius 3 is 2.46 bits per heavy atom. The molecule has 142 valence electrons. The maximum absolute atomic E-state index is 12.9. The van der Waals surface area contributed by atoms with Crippen LogP contribution in [-0.2, 0) is 20.9 Å². The molecule has 2 N–H and O–H groups in total. The van der Waals surface area contributed by atoms with Crippen molar-refractivity contribution in [1.29, 1.82) is 5.26 Å². The summed E-state index contributed by atoms with van der Waals surface area (Å²) in [6.07, 6.45) is 0. The van der Waals surface area contributed by atoms with Gasteiger partial charge >= 0.3 is 5.97 Å². The molecule has 0 aliphatic carbocycles. The highest BCUT2D eigenvalue weighted by atomic mass is 16.5. The fraction of sp³-hybridized carbons (Fsp3) is 0.182. The Morgan fingerprint density at radius 1 is 1.18 bits per heavy atom. The summed E-state index contributed by atoms with van der Waals surface area (Å²) in [4.78, 5) is 12.9. The van der Waals surface area contributed by atoms with Crippen LogP contribution in [0.4, 0.5) is 0 Å². The van der Waals surface area contributed by atoms with E-state index in [0.29, 0.717) is 11.5 Å². The van der Waals surface area contributed by atoms with Gasteiger partial charge in [-0.25, -0.2) is 4.79 Å². The standard InChI is InChI=1S/C22H20N2O4/c1-14-19(22(25)27-13-15-6-4-3-5-7-15)20(18(12-23)21(24)28-14)16-8-10-17(26-2)11-9-16/h3-11,20H,13,24H2,1-2H3/t20-/m0/s1. The molecule has 3 rings (SSSR count). The molecule has 0 bridgehead atoms. The first-order valence-electron chi connectivity index (χ1n) is 8.68. The number of ether oxygens (including phenoxy) is 3. The second-order valence-corrected chi connectivity index (χ2v) is 6.23. The minimum atomic E-state index is -0.673. The Morgan fingerprint density at radius 2 is 1.86 bits per heavy atom. The van der Waals surface area contributed by atoms with E-state index in [1.54, 1.807) is 38.3 Å². The average Bonchev–Trinajstić information content (AvgIpc) is 2.72. The van der Waals surface area contributed by atoms with Crippen molar-refractivity contribution in [2.75, 3.05) is 7.11 Å². The van der Waals surface area contributed by atoms with Crippen molar-refractivity contribution in [3.8, 4) is 11.8 Å². The van der Waals surface area contributed by atoms with Crippen LogP contribution in [0.15, 0.2) is 77.4 Å². The van der Waals surface area contributed by atoms with Crippen LogP contribution in [0.25, 0.3) is 0 Å². The monoisotopic (exact) mass is 376 g/mol. The van der Waals surface area contributed by atoms with Gasteiger partial charge in [0.15, 0.2) is 0 Å². The van der Waals surface area contributed by atoms with Crippen LogP contribution in [0.1, 0.15) is 24.0 Å². The van der Waals surface area contributed by atoms with Gasteiger partial charge in [-0.1, -0.05) is 42.5 Å². The zero-order valence-corrected chi connectivity index (χ0v) is 15.6. The minimum Gasteiger partial charge on any atom is -0.497 e. The van der Waals surface area contributed by atoms with E-state index < -0.39 is 11.9 Å². The molecule has 0 saturated heterocycles. The van der Waals surface area contributed by atoms with Gasteiger partial charge in [0.2, 0.25) is 5.88 Å². The molecule has 0 fully saturated rings. The SMILES string of the molecule is COc1ccc([C@H]2C(C#N)=C(N)OC(C)=C2C(=O)OCc2ccccc2)cc1. The number of hydrogen-bond acceptors (Lipinski definition) is 6.